The van der Waals surface area contributed by atoms with E-state index in [1.807, 2.05) is 30.3 Å². The topological polar surface area (TPSA) is 54.5 Å². The molecule has 0 aliphatic carbocycles. The summed E-state index contributed by atoms with van der Waals surface area (Å²) < 4.78 is 19.8. The Morgan fingerprint density at radius 3 is 2.88 bits per heavy atom. The second-order valence-corrected chi connectivity index (χ2v) is 6.22. The Hall–Kier alpha value is -3.15. The third-order valence-electron chi connectivity index (χ3n) is 4.44. The number of rotatable bonds is 3. The lowest BCUT2D eigenvalue weighted by Crippen LogP contribution is -2.34. The number of ether oxygens (including phenoxy) is 1. The van der Waals surface area contributed by atoms with Crippen molar-refractivity contribution in [1.82, 2.24) is 9.88 Å². The van der Waals surface area contributed by atoms with Gasteiger partial charge in [0.15, 0.2) is 0 Å². The molecule has 0 radical (unpaired) electrons. The predicted molar refractivity (Wildman–Crippen MR) is 97.8 cm³/mol. The summed E-state index contributed by atoms with van der Waals surface area (Å²) in [6.07, 6.45) is 2.33. The van der Waals surface area contributed by atoms with E-state index < -0.39 is 5.82 Å². The minimum atomic E-state index is -0.449. The fourth-order valence-electron chi connectivity index (χ4n) is 3.12. The summed E-state index contributed by atoms with van der Waals surface area (Å²) in [5, 5.41) is 3.62. The lowest BCUT2D eigenvalue weighted by atomic mass is 10.2. The monoisotopic (exact) mass is 351 g/mol. The number of carbonyl (C=O) groups excluding carboxylic acids is 1. The zero-order chi connectivity index (χ0) is 17.9. The Kier molecular flexibility index (Phi) is 4.39. The number of carbonyl (C=O) groups is 1. The molecule has 26 heavy (non-hydrogen) atoms. The molecular weight excluding hydrogens is 333 g/mol. The van der Waals surface area contributed by atoms with Crippen molar-refractivity contribution in [2.24, 2.45) is 0 Å². The second-order valence-electron chi connectivity index (χ2n) is 6.22. The van der Waals surface area contributed by atoms with Gasteiger partial charge >= 0.3 is 6.03 Å². The molecule has 1 aromatic heterocycles. The Bertz CT molecular complexity index is 942. The minimum Gasteiger partial charge on any atom is -0.486 e. The van der Waals surface area contributed by atoms with Gasteiger partial charge in [-0.15, -0.1) is 0 Å². The molecule has 3 aromatic rings. The van der Waals surface area contributed by atoms with Gasteiger partial charge in [-0.3, -0.25) is 4.98 Å². The number of aromatic nitrogens is 1. The maximum Gasteiger partial charge on any atom is 0.322 e. The van der Waals surface area contributed by atoms with E-state index in [9.17, 15) is 9.18 Å². The molecule has 0 saturated carbocycles. The average Bonchev–Trinajstić information content (AvgIpc) is 3.13. The summed E-state index contributed by atoms with van der Waals surface area (Å²) in [6.45, 7) is 1.01. The van der Waals surface area contributed by atoms with Crippen molar-refractivity contribution >= 4 is 22.6 Å². The van der Waals surface area contributed by atoms with Crippen molar-refractivity contribution in [2.75, 3.05) is 18.4 Å². The minimum absolute atomic E-state index is 0.117. The van der Waals surface area contributed by atoms with Gasteiger partial charge in [0, 0.05) is 24.5 Å². The number of anilines is 1. The normalized spacial score (nSPS) is 16.7. The van der Waals surface area contributed by atoms with E-state index in [1.165, 1.54) is 6.07 Å². The van der Waals surface area contributed by atoms with Crippen LogP contribution in [0.5, 0.6) is 5.75 Å². The number of para-hydroxylation sites is 2. The molecule has 1 unspecified atom stereocenters. The first kappa shape index (κ1) is 16.3. The SMILES string of the molecule is O=C(Nc1ccccc1F)N1CCC(Oc2cccc3cccnc23)C1. The molecule has 1 aliphatic rings. The maximum atomic E-state index is 13.7. The van der Waals surface area contributed by atoms with Crippen LogP contribution in [0.1, 0.15) is 6.42 Å². The summed E-state index contributed by atoms with van der Waals surface area (Å²) in [5.41, 5.74) is 0.990. The van der Waals surface area contributed by atoms with E-state index in [4.69, 9.17) is 4.74 Å². The molecule has 1 saturated heterocycles. The molecule has 132 valence electrons. The van der Waals surface area contributed by atoms with Crippen LogP contribution < -0.4 is 10.1 Å². The van der Waals surface area contributed by atoms with Gasteiger partial charge in [-0.25, -0.2) is 9.18 Å². The summed E-state index contributed by atoms with van der Waals surface area (Å²) in [5.74, 6) is 0.263. The number of nitrogens with one attached hydrogen (secondary N) is 1. The van der Waals surface area contributed by atoms with E-state index in [-0.39, 0.29) is 17.8 Å². The lowest BCUT2D eigenvalue weighted by Gasteiger charge is -2.18. The van der Waals surface area contributed by atoms with Crippen LogP contribution in [0.4, 0.5) is 14.9 Å². The highest BCUT2D eigenvalue weighted by Crippen LogP contribution is 2.26. The molecule has 6 heteroatoms. The molecule has 5 nitrogen and oxygen atoms in total. The van der Waals surface area contributed by atoms with Crippen LogP contribution >= 0.6 is 0 Å². The number of hydrogen-bond acceptors (Lipinski definition) is 3. The van der Waals surface area contributed by atoms with Crippen LogP contribution in [0.3, 0.4) is 0 Å². The number of amides is 2. The first-order chi connectivity index (χ1) is 12.7. The Balaban J connectivity index is 1.42. The van der Waals surface area contributed by atoms with Gasteiger partial charge in [-0.1, -0.05) is 30.3 Å². The highest BCUT2D eigenvalue weighted by atomic mass is 19.1. The molecule has 2 heterocycles. The van der Waals surface area contributed by atoms with Crippen molar-refractivity contribution in [3.8, 4) is 5.75 Å². The Morgan fingerprint density at radius 1 is 1.15 bits per heavy atom. The summed E-state index contributed by atoms with van der Waals surface area (Å²) >= 11 is 0. The van der Waals surface area contributed by atoms with E-state index in [2.05, 4.69) is 10.3 Å². The molecule has 0 bridgehead atoms. The number of nitrogens with zero attached hydrogens (tertiary/aromatic N) is 2. The number of pyridine rings is 1. The Morgan fingerprint density at radius 2 is 2.00 bits per heavy atom. The molecule has 1 aliphatic heterocycles. The van der Waals surface area contributed by atoms with Gasteiger partial charge in [0.1, 0.15) is 23.2 Å². The standard InChI is InChI=1S/C20H18FN3O2/c21-16-7-1-2-8-17(16)23-20(25)24-12-10-15(13-24)26-18-9-3-5-14-6-4-11-22-19(14)18/h1-9,11,15H,10,12-13H2,(H,23,25). The van der Waals surface area contributed by atoms with Crippen molar-refractivity contribution in [1.29, 1.82) is 0 Å². The number of halogens is 1. The largest absolute Gasteiger partial charge is 0.486 e. The summed E-state index contributed by atoms with van der Waals surface area (Å²) in [7, 11) is 0. The first-order valence-corrected chi connectivity index (χ1v) is 8.51. The van der Waals surface area contributed by atoms with Crippen molar-refractivity contribution in [3.05, 3.63) is 66.6 Å². The van der Waals surface area contributed by atoms with Crippen LogP contribution in [-0.2, 0) is 0 Å². The molecule has 1 atom stereocenters. The lowest BCUT2D eigenvalue weighted by molar-refractivity contribution is 0.196. The van der Waals surface area contributed by atoms with Crippen molar-refractivity contribution in [3.63, 3.8) is 0 Å². The van der Waals surface area contributed by atoms with E-state index in [0.717, 1.165) is 10.9 Å². The quantitative estimate of drug-likeness (QED) is 0.774. The third-order valence-corrected chi connectivity index (χ3v) is 4.44. The molecule has 2 aromatic carbocycles. The second kappa shape index (κ2) is 7.00. The number of fused-ring (bicyclic) bond motifs is 1. The average molecular weight is 351 g/mol. The Labute approximate surface area is 150 Å². The number of likely N-dealkylation sites (tertiary alicyclic amines) is 1. The van der Waals surface area contributed by atoms with Gasteiger partial charge in [-0.2, -0.15) is 0 Å². The van der Waals surface area contributed by atoms with Crippen molar-refractivity contribution < 1.29 is 13.9 Å². The van der Waals surface area contributed by atoms with Gasteiger partial charge in [0.25, 0.3) is 0 Å². The van der Waals surface area contributed by atoms with Crippen molar-refractivity contribution in [2.45, 2.75) is 12.5 Å². The zero-order valence-electron chi connectivity index (χ0n) is 14.1. The van der Waals surface area contributed by atoms with E-state index >= 15 is 0 Å². The molecule has 1 fully saturated rings. The molecular formula is C20H18FN3O2. The number of urea groups is 1. The fraction of sp³-hybridized carbons (Fsp3) is 0.200. The van der Waals surface area contributed by atoms with Gasteiger partial charge in [0.2, 0.25) is 0 Å². The van der Waals surface area contributed by atoms with Crippen LogP contribution in [0.25, 0.3) is 10.9 Å². The van der Waals surface area contributed by atoms with Crippen LogP contribution in [-0.4, -0.2) is 35.1 Å². The molecule has 1 N–H and O–H groups in total. The van der Waals surface area contributed by atoms with E-state index in [1.54, 1.807) is 29.3 Å². The smallest absolute Gasteiger partial charge is 0.322 e. The fourth-order valence-corrected chi connectivity index (χ4v) is 3.12. The highest BCUT2D eigenvalue weighted by Gasteiger charge is 2.28. The zero-order valence-corrected chi connectivity index (χ0v) is 14.1. The molecule has 0 spiro atoms. The predicted octanol–water partition coefficient (Wildman–Crippen LogP) is 4.06. The maximum absolute atomic E-state index is 13.7. The number of benzene rings is 2. The molecule has 2 amide bonds. The highest BCUT2D eigenvalue weighted by molar-refractivity contribution is 5.89. The number of hydrogen-bond donors (Lipinski definition) is 1. The summed E-state index contributed by atoms with van der Waals surface area (Å²) in [6, 6.07) is 15.5. The van der Waals surface area contributed by atoms with E-state index in [0.29, 0.717) is 25.3 Å². The van der Waals surface area contributed by atoms with Crippen LogP contribution in [0, 0.1) is 5.82 Å². The van der Waals surface area contributed by atoms with Gasteiger partial charge < -0.3 is 15.0 Å². The van der Waals surface area contributed by atoms with Gasteiger partial charge in [-0.05, 0) is 24.3 Å². The third kappa shape index (κ3) is 3.31. The van der Waals surface area contributed by atoms with Crippen LogP contribution in [0.2, 0.25) is 0 Å². The van der Waals surface area contributed by atoms with Crippen LogP contribution in [0.15, 0.2) is 60.8 Å². The summed E-state index contributed by atoms with van der Waals surface area (Å²) in [4.78, 5) is 18.4. The first-order valence-electron chi connectivity index (χ1n) is 8.51. The van der Waals surface area contributed by atoms with Gasteiger partial charge in [0.05, 0.1) is 12.2 Å². The molecule has 4 rings (SSSR count).